The van der Waals surface area contributed by atoms with Crippen molar-refractivity contribution in [1.29, 1.82) is 0 Å². The second kappa shape index (κ2) is 7.12. The van der Waals surface area contributed by atoms with Crippen LogP contribution in [0.2, 0.25) is 0 Å². The van der Waals surface area contributed by atoms with E-state index >= 15 is 0 Å². The molecule has 0 amide bonds. The molecule has 1 aliphatic heterocycles. The molecule has 1 atom stereocenters. The van der Waals surface area contributed by atoms with E-state index in [0.29, 0.717) is 12.7 Å². The molecule has 1 heterocycles. The quantitative estimate of drug-likeness (QED) is 0.806. The molecule has 4 heteroatoms. The lowest BCUT2D eigenvalue weighted by Crippen LogP contribution is -2.32. The van der Waals surface area contributed by atoms with Gasteiger partial charge in [-0.1, -0.05) is 15.9 Å². The molecule has 18 heavy (non-hydrogen) atoms. The third kappa shape index (κ3) is 4.59. The molecule has 100 valence electrons. The van der Waals surface area contributed by atoms with E-state index in [-0.39, 0.29) is 0 Å². The highest BCUT2D eigenvalue weighted by atomic mass is 79.9. The van der Waals surface area contributed by atoms with Crippen molar-refractivity contribution in [3.05, 3.63) is 28.7 Å². The first-order valence-electron chi connectivity index (χ1n) is 6.42. The molecule has 1 fully saturated rings. The van der Waals surface area contributed by atoms with Crippen LogP contribution in [-0.2, 0) is 4.74 Å². The van der Waals surface area contributed by atoms with Crippen LogP contribution in [0.4, 0.5) is 0 Å². The van der Waals surface area contributed by atoms with Crippen molar-refractivity contribution in [3.8, 4) is 5.75 Å². The molecule has 0 radical (unpaired) electrons. The summed E-state index contributed by atoms with van der Waals surface area (Å²) in [5.74, 6) is 0.920. The largest absolute Gasteiger partial charge is 0.492 e. The molecular weight excluding hydrogens is 294 g/mol. The summed E-state index contributed by atoms with van der Waals surface area (Å²) in [5.41, 5.74) is 0. The molecule has 0 bridgehead atoms. The van der Waals surface area contributed by atoms with Gasteiger partial charge < -0.3 is 14.4 Å². The summed E-state index contributed by atoms with van der Waals surface area (Å²) in [5, 5.41) is 0. The van der Waals surface area contributed by atoms with E-state index in [4.69, 9.17) is 9.47 Å². The van der Waals surface area contributed by atoms with Crippen LogP contribution < -0.4 is 4.74 Å². The third-order valence-electron chi connectivity index (χ3n) is 3.09. The molecule has 0 aliphatic carbocycles. The van der Waals surface area contributed by atoms with E-state index in [2.05, 4.69) is 27.9 Å². The minimum absolute atomic E-state index is 0.419. The lowest BCUT2D eigenvalue weighted by molar-refractivity contribution is 0.0771. The van der Waals surface area contributed by atoms with Crippen LogP contribution in [0, 0.1) is 0 Å². The minimum atomic E-state index is 0.419. The number of hydrogen-bond acceptors (Lipinski definition) is 3. The molecule has 0 spiro atoms. The lowest BCUT2D eigenvalue weighted by atomic mass is 10.2. The molecule has 0 N–H and O–H groups in total. The van der Waals surface area contributed by atoms with E-state index in [1.807, 2.05) is 24.3 Å². The van der Waals surface area contributed by atoms with Crippen molar-refractivity contribution in [2.24, 2.45) is 0 Å². The Bertz CT molecular complexity index is 349. The van der Waals surface area contributed by atoms with Gasteiger partial charge in [-0.3, -0.25) is 0 Å². The number of likely N-dealkylation sites (N-methyl/N-ethyl adjacent to an activating group) is 1. The molecule has 0 saturated carbocycles. The first kappa shape index (κ1) is 13.8. The zero-order valence-electron chi connectivity index (χ0n) is 10.8. The normalized spacial score (nSPS) is 19.4. The topological polar surface area (TPSA) is 21.7 Å². The highest BCUT2D eigenvalue weighted by molar-refractivity contribution is 9.10. The van der Waals surface area contributed by atoms with Crippen LogP contribution in [0.1, 0.15) is 12.8 Å². The van der Waals surface area contributed by atoms with Crippen LogP contribution in [0.3, 0.4) is 0 Å². The molecule has 1 aromatic rings. The standard InChI is InChI=1S/C14H20BrNO2/c1-16(11-14-3-2-9-17-14)8-10-18-13-6-4-12(15)5-7-13/h4-7,14H,2-3,8-11H2,1H3. The van der Waals surface area contributed by atoms with E-state index in [0.717, 1.165) is 29.9 Å². The summed E-state index contributed by atoms with van der Waals surface area (Å²) in [6.45, 7) is 3.57. The highest BCUT2D eigenvalue weighted by Gasteiger charge is 2.16. The van der Waals surface area contributed by atoms with Crippen molar-refractivity contribution in [3.63, 3.8) is 0 Å². The predicted octanol–water partition coefficient (Wildman–Crippen LogP) is 2.94. The Balaban J connectivity index is 1.63. The van der Waals surface area contributed by atoms with E-state index < -0.39 is 0 Å². The summed E-state index contributed by atoms with van der Waals surface area (Å²) >= 11 is 3.41. The van der Waals surface area contributed by atoms with Crippen molar-refractivity contribution in [2.45, 2.75) is 18.9 Å². The van der Waals surface area contributed by atoms with E-state index in [1.165, 1.54) is 12.8 Å². The van der Waals surface area contributed by atoms with Gasteiger partial charge in [-0.2, -0.15) is 0 Å². The number of nitrogens with zero attached hydrogens (tertiary/aromatic N) is 1. The number of rotatable bonds is 6. The monoisotopic (exact) mass is 313 g/mol. The number of halogens is 1. The van der Waals surface area contributed by atoms with Gasteiger partial charge in [0.25, 0.3) is 0 Å². The van der Waals surface area contributed by atoms with Crippen LogP contribution >= 0.6 is 15.9 Å². The second-order valence-corrected chi connectivity index (χ2v) is 5.62. The molecule has 3 nitrogen and oxygen atoms in total. The van der Waals surface area contributed by atoms with Gasteiger partial charge >= 0.3 is 0 Å². The number of ether oxygens (including phenoxy) is 2. The van der Waals surface area contributed by atoms with Crippen LogP contribution in [0.15, 0.2) is 28.7 Å². The molecule has 1 saturated heterocycles. The maximum atomic E-state index is 5.69. The first-order valence-corrected chi connectivity index (χ1v) is 7.22. The van der Waals surface area contributed by atoms with Gasteiger partial charge in [0.05, 0.1) is 6.10 Å². The van der Waals surface area contributed by atoms with E-state index in [9.17, 15) is 0 Å². The Morgan fingerprint density at radius 2 is 2.17 bits per heavy atom. The molecular formula is C14H20BrNO2. The summed E-state index contributed by atoms with van der Waals surface area (Å²) in [4.78, 5) is 2.27. The number of benzene rings is 1. The molecule has 1 aliphatic rings. The summed E-state index contributed by atoms with van der Waals surface area (Å²) in [7, 11) is 2.12. The SMILES string of the molecule is CN(CCOc1ccc(Br)cc1)CC1CCCO1. The van der Waals surface area contributed by atoms with Crippen LogP contribution in [0.5, 0.6) is 5.75 Å². The van der Waals surface area contributed by atoms with Gasteiger partial charge in [-0.25, -0.2) is 0 Å². The fourth-order valence-corrected chi connectivity index (χ4v) is 2.34. The highest BCUT2D eigenvalue weighted by Crippen LogP contribution is 2.16. The summed E-state index contributed by atoms with van der Waals surface area (Å²) < 4.78 is 12.4. The van der Waals surface area contributed by atoms with Crippen molar-refractivity contribution in [2.75, 3.05) is 33.4 Å². The average Bonchev–Trinajstić information content (AvgIpc) is 2.84. The van der Waals surface area contributed by atoms with Gasteiger partial charge in [0, 0.05) is 24.2 Å². The Morgan fingerprint density at radius 1 is 1.39 bits per heavy atom. The summed E-state index contributed by atoms with van der Waals surface area (Å²) in [6, 6.07) is 7.94. The van der Waals surface area contributed by atoms with Crippen molar-refractivity contribution >= 4 is 15.9 Å². The molecule has 2 rings (SSSR count). The van der Waals surface area contributed by atoms with Gasteiger partial charge in [0.15, 0.2) is 0 Å². The first-order chi connectivity index (χ1) is 8.74. The second-order valence-electron chi connectivity index (χ2n) is 4.70. The third-order valence-corrected chi connectivity index (χ3v) is 3.62. The molecule has 0 aromatic heterocycles. The Hall–Kier alpha value is -0.580. The van der Waals surface area contributed by atoms with Crippen molar-refractivity contribution < 1.29 is 9.47 Å². The molecule has 1 aromatic carbocycles. The molecule has 1 unspecified atom stereocenters. The average molecular weight is 314 g/mol. The van der Waals surface area contributed by atoms with Gasteiger partial charge in [-0.05, 0) is 44.2 Å². The fraction of sp³-hybridized carbons (Fsp3) is 0.571. The Kier molecular flexibility index (Phi) is 5.47. The smallest absolute Gasteiger partial charge is 0.119 e. The predicted molar refractivity (Wildman–Crippen MR) is 76.1 cm³/mol. The zero-order valence-corrected chi connectivity index (χ0v) is 12.4. The Labute approximate surface area is 117 Å². The lowest BCUT2D eigenvalue weighted by Gasteiger charge is -2.20. The van der Waals surface area contributed by atoms with Gasteiger partial charge in [-0.15, -0.1) is 0 Å². The Morgan fingerprint density at radius 3 is 2.83 bits per heavy atom. The van der Waals surface area contributed by atoms with Crippen LogP contribution in [0.25, 0.3) is 0 Å². The zero-order chi connectivity index (χ0) is 12.8. The number of hydrogen-bond donors (Lipinski definition) is 0. The maximum absolute atomic E-state index is 5.69. The minimum Gasteiger partial charge on any atom is -0.492 e. The van der Waals surface area contributed by atoms with E-state index in [1.54, 1.807) is 0 Å². The van der Waals surface area contributed by atoms with Crippen LogP contribution in [-0.4, -0.2) is 44.4 Å². The summed E-state index contributed by atoms with van der Waals surface area (Å²) in [6.07, 6.45) is 2.81. The van der Waals surface area contributed by atoms with Gasteiger partial charge in [0.2, 0.25) is 0 Å². The maximum Gasteiger partial charge on any atom is 0.119 e. The van der Waals surface area contributed by atoms with Crippen molar-refractivity contribution in [1.82, 2.24) is 4.90 Å². The fourth-order valence-electron chi connectivity index (χ4n) is 2.08. The van der Waals surface area contributed by atoms with Gasteiger partial charge in [0.1, 0.15) is 12.4 Å².